The van der Waals surface area contributed by atoms with Crippen molar-refractivity contribution < 1.29 is 19.4 Å². The number of benzene rings is 1. The van der Waals surface area contributed by atoms with Gasteiger partial charge in [-0.25, -0.2) is 4.79 Å². The second-order valence-electron chi connectivity index (χ2n) is 6.35. The third kappa shape index (κ3) is 3.58. The van der Waals surface area contributed by atoms with Crippen molar-refractivity contribution in [2.75, 3.05) is 19.7 Å². The van der Waals surface area contributed by atoms with E-state index in [-0.39, 0.29) is 17.1 Å². The van der Waals surface area contributed by atoms with Crippen molar-refractivity contribution in [1.82, 2.24) is 4.90 Å². The van der Waals surface area contributed by atoms with E-state index in [4.69, 9.17) is 9.84 Å². The Morgan fingerprint density at radius 2 is 1.83 bits per heavy atom. The summed E-state index contributed by atoms with van der Waals surface area (Å²) in [6.07, 6.45) is 5.50. The molecule has 0 radical (unpaired) electrons. The number of aromatic carboxylic acids is 1. The monoisotopic (exact) mass is 381 g/mol. The molecule has 1 aliphatic carbocycles. The SMILES string of the molecule is O=C(O)c1cc(Br)cc(C(=O)N2CCOC3(CCCCC3)C2)c1. The molecule has 124 valence electrons. The van der Waals surface area contributed by atoms with Crippen LogP contribution in [0, 0.1) is 0 Å². The van der Waals surface area contributed by atoms with E-state index < -0.39 is 5.97 Å². The van der Waals surface area contributed by atoms with Crippen LogP contribution in [0.2, 0.25) is 0 Å². The van der Waals surface area contributed by atoms with Gasteiger partial charge >= 0.3 is 5.97 Å². The summed E-state index contributed by atoms with van der Waals surface area (Å²) >= 11 is 3.28. The summed E-state index contributed by atoms with van der Waals surface area (Å²) in [5, 5.41) is 9.16. The van der Waals surface area contributed by atoms with E-state index in [9.17, 15) is 9.59 Å². The molecule has 1 amide bonds. The van der Waals surface area contributed by atoms with Crippen LogP contribution in [0.1, 0.15) is 52.8 Å². The fourth-order valence-corrected chi connectivity index (χ4v) is 4.03. The first-order valence-electron chi connectivity index (χ1n) is 7.96. The molecule has 1 N–H and O–H groups in total. The summed E-state index contributed by atoms with van der Waals surface area (Å²) in [7, 11) is 0. The molecule has 1 aromatic carbocycles. The van der Waals surface area contributed by atoms with Gasteiger partial charge in [-0.2, -0.15) is 0 Å². The van der Waals surface area contributed by atoms with Crippen molar-refractivity contribution in [3.63, 3.8) is 0 Å². The largest absolute Gasteiger partial charge is 0.478 e. The lowest BCUT2D eigenvalue weighted by Crippen LogP contribution is -2.54. The molecule has 0 atom stereocenters. The molecule has 1 spiro atoms. The Hall–Kier alpha value is -1.40. The first-order valence-corrected chi connectivity index (χ1v) is 8.76. The van der Waals surface area contributed by atoms with Crippen LogP contribution in [0.25, 0.3) is 0 Å². The van der Waals surface area contributed by atoms with Crippen LogP contribution in [0.3, 0.4) is 0 Å². The number of hydrogen-bond acceptors (Lipinski definition) is 3. The van der Waals surface area contributed by atoms with Gasteiger partial charge < -0.3 is 14.7 Å². The van der Waals surface area contributed by atoms with Crippen LogP contribution in [0.15, 0.2) is 22.7 Å². The molecular formula is C17H20BrNO4. The van der Waals surface area contributed by atoms with Gasteiger partial charge in [0.25, 0.3) is 5.91 Å². The first-order chi connectivity index (χ1) is 11.0. The van der Waals surface area contributed by atoms with Gasteiger partial charge in [0.1, 0.15) is 0 Å². The topological polar surface area (TPSA) is 66.8 Å². The zero-order valence-corrected chi connectivity index (χ0v) is 14.5. The van der Waals surface area contributed by atoms with Gasteiger partial charge in [0.05, 0.1) is 24.3 Å². The molecule has 5 nitrogen and oxygen atoms in total. The smallest absolute Gasteiger partial charge is 0.335 e. The second-order valence-corrected chi connectivity index (χ2v) is 7.27. The summed E-state index contributed by atoms with van der Waals surface area (Å²) in [5.41, 5.74) is 0.321. The van der Waals surface area contributed by atoms with E-state index >= 15 is 0 Å². The van der Waals surface area contributed by atoms with Gasteiger partial charge in [-0.15, -0.1) is 0 Å². The zero-order chi connectivity index (χ0) is 16.4. The second kappa shape index (κ2) is 6.61. The normalized spacial score (nSPS) is 20.5. The maximum absolute atomic E-state index is 12.8. The molecule has 23 heavy (non-hydrogen) atoms. The number of ether oxygens (including phenoxy) is 1. The standard InChI is InChI=1S/C17H20BrNO4/c18-14-9-12(8-13(10-14)16(21)22)15(20)19-6-7-23-17(11-19)4-2-1-3-5-17/h8-10H,1-7,11H2,(H,21,22). The molecule has 1 saturated carbocycles. The lowest BCUT2D eigenvalue weighted by molar-refractivity contribution is -0.117. The summed E-state index contributed by atoms with van der Waals surface area (Å²) in [4.78, 5) is 25.8. The van der Waals surface area contributed by atoms with Gasteiger partial charge in [-0.3, -0.25) is 4.79 Å². The van der Waals surface area contributed by atoms with Crippen molar-refractivity contribution >= 4 is 27.8 Å². The fourth-order valence-electron chi connectivity index (χ4n) is 3.54. The fraction of sp³-hybridized carbons (Fsp3) is 0.529. The Bertz CT molecular complexity index is 620. The highest BCUT2D eigenvalue weighted by molar-refractivity contribution is 9.10. The van der Waals surface area contributed by atoms with Crippen LogP contribution in [0.4, 0.5) is 0 Å². The molecule has 2 fully saturated rings. The number of carbonyl (C=O) groups is 2. The number of carboxylic acids is 1. The molecule has 2 aliphatic rings. The lowest BCUT2D eigenvalue weighted by atomic mass is 9.83. The Kier molecular flexibility index (Phi) is 4.73. The predicted molar refractivity (Wildman–Crippen MR) is 88.8 cm³/mol. The van der Waals surface area contributed by atoms with E-state index in [0.29, 0.717) is 29.7 Å². The highest BCUT2D eigenvalue weighted by Crippen LogP contribution is 2.34. The number of hydrogen-bond donors (Lipinski definition) is 1. The average molecular weight is 382 g/mol. The van der Waals surface area contributed by atoms with Crippen LogP contribution in [0.5, 0.6) is 0 Å². The third-order valence-corrected chi connectivity index (χ3v) is 5.15. The van der Waals surface area contributed by atoms with E-state index in [1.165, 1.54) is 18.6 Å². The van der Waals surface area contributed by atoms with Crippen molar-refractivity contribution in [1.29, 1.82) is 0 Å². The van der Waals surface area contributed by atoms with Crippen LogP contribution in [-0.2, 0) is 4.74 Å². The van der Waals surface area contributed by atoms with Crippen LogP contribution < -0.4 is 0 Å². The molecular weight excluding hydrogens is 362 g/mol. The highest BCUT2D eigenvalue weighted by atomic mass is 79.9. The van der Waals surface area contributed by atoms with Gasteiger partial charge in [0.15, 0.2) is 0 Å². The maximum atomic E-state index is 12.8. The van der Waals surface area contributed by atoms with E-state index in [1.807, 2.05) is 4.90 Å². The highest BCUT2D eigenvalue weighted by Gasteiger charge is 2.39. The molecule has 0 aromatic heterocycles. The zero-order valence-electron chi connectivity index (χ0n) is 12.9. The molecule has 1 heterocycles. The quantitative estimate of drug-likeness (QED) is 0.852. The van der Waals surface area contributed by atoms with E-state index in [0.717, 1.165) is 25.7 Å². The number of rotatable bonds is 2. The molecule has 1 aliphatic heterocycles. The Balaban J connectivity index is 1.81. The number of carboxylic acid groups (broad SMARTS) is 1. The maximum Gasteiger partial charge on any atom is 0.335 e. The van der Waals surface area contributed by atoms with Crippen LogP contribution in [-0.4, -0.2) is 47.2 Å². The minimum atomic E-state index is -1.04. The summed E-state index contributed by atoms with van der Waals surface area (Å²) in [6, 6.07) is 4.62. The van der Waals surface area contributed by atoms with Crippen molar-refractivity contribution in [2.24, 2.45) is 0 Å². The summed E-state index contributed by atoms with van der Waals surface area (Å²) in [6.45, 7) is 1.70. The average Bonchev–Trinajstić information content (AvgIpc) is 2.54. The third-order valence-electron chi connectivity index (χ3n) is 4.69. The molecule has 1 saturated heterocycles. The van der Waals surface area contributed by atoms with Gasteiger partial charge in [-0.05, 0) is 31.0 Å². The number of halogens is 1. The Labute approximate surface area is 143 Å². The van der Waals surface area contributed by atoms with Crippen LogP contribution >= 0.6 is 15.9 Å². The van der Waals surface area contributed by atoms with Gasteiger partial charge in [0, 0.05) is 16.6 Å². The predicted octanol–water partition coefficient (Wildman–Crippen LogP) is 3.32. The molecule has 6 heteroatoms. The minimum absolute atomic E-state index is 0.114. The molecule has 1 aromatic rings. The lowest BCUT2D eigenvalue weighted by Gasteiger charge is -2.45. The number of carbonyl (C=O) groups excluding carboxylic acids is 1. The number of amides is 1. The van der Waals surface area contributed by atoms with Crippen molar-refractivity contribution in [2.45, 2.75) is 37.7 Å². The van der Waals surface area contributed by atoms with Crippen molar-refractivity contribution in [3.8, 4) is 0 Å². The Morgan fingerprint density at radius 1 is 1.13 bits per heavy atom. The number of morpholine rings is 1. The van der Waals surface area contributed by atoms with Gasteiger partial charge in [-0.1, -0.05) is 35.2 Å². The first kappa shape index (κ1) is 16.5. The number of nitrogens with zero attached hydrogens (tertiary/aromatic N) is 1. The molecule has 3 rings (SSSR count). The summed E-state index contributed by atoms with van der Waals surface area (Å²) < 4.78 is 6.61. The van der Waals surface area contributed by atoms with E-state index in [2.05, 4.69) is 15.9 Å². The summed E-state index contributed by atoms with van der Waals surface area (Å²) in [5.74, 6) is -1.16. The molecule has 0 unspecified atom stereocenters. The van der Waals surface area contributed by atoms with Gasteiger partial charge in [0.2, 0.25) is 0 Å². The molecule has 0 bridgehead atoms. The van der Waals surface area contributed by atoms with E-state index in [1.54, 1.807) is 6.07 Å². The Morgan fingerprint density at radius 3 is 2.52 bits per heavy atom. The van der Waals surface area contributed by atoms with Crippen molar-refractivity contribution in [3.05, 3.63) is 33.8 Å². The minimum Gasteiger partial charge on any atom is -0.478 e.